The SMILES string of the molecule is Br.CCCCN(CCCC)c1ccc(C=Cc2cc[n+](CCC(CC)(CC)CC)cc2)cc1.N.[Br-]. The van der Waals surface area contributed by atoms with E-state index in [1.54, 1.807) is 0 Å². The van der Waals surface area contributed by atoms with Gasteiger partial charge in [-0.1, -0.05) is 91.0 Å². The number of aryl methyl sites for hydroxylation is 1. The first kappa shape index (κ1) is 36.0. The fraction of sp³-hybridized carbons (Fsp3) is 0.567. The highest BCUT2D eigenvalue weighted by Crippen LogP contribution is 2.34. The van der Waals surface area contributed by atoms with Gasteiger partial charge in [0, 0.05) is 37.3 Å². The molecular weight excluding hydrogens is 562 g/mol. The first-order chi connectivity index (χ1) is 15.6. The molecule has 0 fully saturated rings. The zero-order valence-electron chi connectivity index (χ0n) is 22.9. The lowest BCUT2D eigenvalue weighted by atomic mass is 9.77. The number of benzene rings is 1. The second kappa shape index (κ2) is 20.0. The topological polar surface area (TPSA) is 42.1 Å². The number of halogens is 2. The van der Waals surface area contributed by atoms with Crippen LogP contribution in [-0.2, 0) is 6.54 Å². The van der Waals surface area contributed by atoms with Gasteiger partial charge in [0.25, 0.3) is 0 Å². The molecule has 2 rings (SSSR count). The first-order valence-corrected chi connectivity index (χ1v) is 13.1. The number of rotatable bonds is 15. The van der Waals surface area contributed by atoms with E-state index in [-0.39, 0.29) is 40.1 Å². The molecule has 1 heterocycles. The molecule has 3 nitrogen and oxygen atoms in total. The fourth-order valence-electron chi connectivity index (χ4n) is 4.43. The Morgan fingerprint density at radius 3 is 1.63 bits per heavy atom. The quantitative estimate of drug-likeness (QED) is 0.254. The van der Waals surface area contributed by atoms with Gasteiger partial charge in [-0.15, -0.1) is 17.0 Å². The molecule has 0 aliphatic rings. The van der Waals surface area contributed by atoms with Gasteiger partial charge in [0.05, 0.1) is 0 Å². The number of anilines is 1. The van der Waals surface area contributed by atoms with E-state index >= 15 is 0 Å². The van der Waals surface area contributed by atoms with Crippen LogP contribution in [0.4, 0.5) is 5.69 Å². The predicted octanol–water partition coefficient (Wildman–Crippen LogP) is 5.90. The van der Waals surface area contributed by atoms with Crippen molar-refractivity contribution >= 4 is 34.8 Å². The summed E-state index contributed by atoms with van der Waals surface area (Å²) >= 11 is 0. The van der Waals surface area contributed by atoms with E-state index in [9.17, 15) is 0 Å². The normalized spacial score (nSPS) is 10.9. The number of hydrogen-bond donors (Lipinski definition) is 1. The fourth-order valence-corrected chi connectivity index (χ4v) is 4.43. The summed E-state index contributed by atoms with van der Waals surface area (Å²) in [6.07, 6.45) is 19.0. The van der Waals surface area contributed by atoms with Gasteiger partial charge in [0.1, 0.15) is 6.54 Å². The Hall–Kier alpha value is -1.17. The molecule has 0 aliphatic heterocycles. The average molecular weight is 614 g/mol. The number of aromatic nitrogens is 1. The zero-order valence-corrected chi connectivity index (χ0v) is 26.2. The van der Waals surface area contributed by atoms with Crippen LogP contribution in [-0.4, -0.2) is 13.1 Å². The predicted molar refractivity (Wildman–Crippen MR) is 157 cm³/mol. The molecular formula is C30H51Br2N3. The molecule has 200 valence electrons. The number of pyridine rings is 1. The van der Waals surface area contributed by atoms with E-state index in [4.69, 9.17) is 0 Å². The summed E-state index contributed by atoms with van der Waals surface area (Å²) in [7, 11) is 0. The summed E-state index contributed by atoms with van der Waals surface area (Å²) in [5.74, 6) is 0. The summed E-state index contributed by atoms with van der Waals surface area (Å²) in [6.45, 7) is 15.0. The van der Waals surface area contributed by atoms with E-state index in [1.807, 2.05) is 0 Å². The lowest BCUT2D eigenvalue weighted by Crippen LogP contribution is -3.00. The van der Waals surface area contributed by atoms with Crippen molar-refractivity contribution in [1.29, 1.82) is 0 Å². The molecule has 3 N–H and O–H groups in total. The largest absolute Gasteiger partial charge is 1.00 e. The minimum absolute atomic E-state index is 0. The molecule has 0 unspecified atom stereocenters. The maximum Gasteiger partial charge on any atom is 0.169 e. The number of hydrogen-bond acceptors (Lipinski definition) is 2. The maximum absolute atomic E-state index is 2.54. The highest BCUT2D eigenvalue weighted by Gasteiger charge is 2.25. The molecule has 5 heteroatoms. The van der Waals surface area contributed by atoms with Gasteiger partial charge in [-0.25, -0.2) is 4.57 Å². The molecule has 1 aromatic heterocycles. The summed E-state index contributed by atoms with van der Waals surface area (Å²) in [6, 6.07) is 13.5. The monoisotopic (exact) mass is 611 g/mol. The second-order valence-electron chi connectivity index (χ2n) is 9.30. The Balaban J connectivity index is 0. The van der Waals surface area contributed by atoms with Gasteiger partial charge in [-0.3, -0.25) is 0 Å². The van der Waals surface area contributed by atoms with Crippen molar-refractivity contribution < 1.29 is 21.5 Å². The van der Waals surface area contributed by atoms with Crippen molar-refractivity contribution in [3.8, 4) is 0 Å². The Morgan fingerprint density at radius 2 is 1.20 bits per heavy atom. The smallest absolute Gasteiger partial charge is 0.169 e. The van der Waals surface area contributed by atoms with Crippen LogP contribution in [0.15, 0.2) is 48.8 Å². The molecule has 0 bridgehead atoms. The minimum atomic E-state index is 0. The highest BCUT2D eigenvalue weighted by molar-refractivity contribution is 8.93. The van der Waals surface area contributed by atoms with Gasteiger partial charge in [-0.05, 0) is 41.5 Å². The van der Waals surface area contributed by atoms with Crippen LogP contribution in [0.5, 0.6) is 0 Å². The molecule has 1 aromatic carbocycles. The highest BCUT2D eigenvalue weighted by atomic mass is 79.9. The third-order valence-corrected chi connectivity index (χ3v) is 7.36. The van der Waals surface area contributed by atoms with Crippen molar-refractivity contribution in [3.05, 3.63) is 59.9 Å². The summed E-state index contributed by atoms with van der Waals surface area (Å²) < 4.78 is 2.34. The molecule has 0 aliphatic carbocycles. The van der Waals surface area contributed by atoms with Gasteiger partial charge in [0.15, 0.2) is 12.4 Å². The van der Waals surface area contributed by atoms with Crippen molar-refractivity contribution in [3.63, 3.8) is 0 Å². The van der Waals surface area contributed by atoms with Crippen LogP contribution in [0.3, 0.4) is 0 Å². The van der Waals surface area contributed by atoms with E-state index in [1.165, 1.54) is 68.2 Å². The van der Waals surface area contributed by atoms with Gasteiger partial charge in [0.2, 0.25) is 0 Å². The summed E-state index contributed by atoms with van der Waals surface area (Å²) in [4.78, 5) is 2.54. The first-order valence-electron chi connectivity index (χ1n) is 13.1. The third kappa shape index (κ3) is 12.1. The van der Waals surface area contributed by atoms with Crippen LogP contribution < -0.4 is 32.6 Å². The van der Waals surface area contributed by atoms with E-state index in [0.29, 0.717) is 5.41 Å². The third-order valence-electron chi connectivity index (χ3n) is 7.36. The van der Waals surface area contributed by atoms with Crippen molar-refractivity contribution in [1.82, 2.24) is 6.15 Å². The lowest BCUT2D eigenvalue weighted by molar-refractivity contribution is -0.699. The maximum atomic E-state index is 2.54. The lowest BCUT2D eigenvalue weighted by Gasteiger charge is -2.28. The Labute approximate surface area is 237 Å². The van der Waals surface area contributed by atoms with Crippen molar-refractivity contribution in [2.45, 2.75) is 92.5 Å². The van der Waals surface area contributed by atoms with E-state index in [2.05, 4.69) is 105 Å². The van der Waals surface area contributed by atoms with Crippen molar-refractivity contribution in [2.75, 3.05) is 18.0 Å². The number of nitrogens with zero attached hydrogens (tertiary/aromatic N) is 2. The van der Waals surface area contributed by atoms with E-state index < -0.39 is 0 Å². The average Bonchev–Trinajstić information content (AvgIpc) is 2.85. The van der Waals surface area contributed by atoms with Crippen LogP contribution >= 0.6 is 17.0 Å². The molecule has 0 saturated heterocycles. The van der Waals surface area contributed by atoms with E-state index in [0.717, 1.165) is 19.6 Å². The Kier molecular flexibility index (Phi) is 20.5. The Morgan fingerprint density at radius 1 is 0.743 bits per heavy atom. The van der Waals surface area contributed by atoms with Crippen LogP contribution in [0.25, 0.3) is 12.2 Å². The molecule has 0 spiro atoms. The zero-order chi connectivity index (χ0) is 23.2. The molecule has 0 amide bonds. The summed E-state index contributed by atoms with van der Waals surface area (Å²) in [5.41, 5.74) is 4.37. The second-order valence-corrected chi connectivity index (χ2v) is 9.30. The summed E-state index contributed by atoms with van der Waals surface area (Å²) in [5, 5.41) is 0. The number of unbranched alkanes of at least 4 members (excludes halogenated alkanes) is 2. The van der Waals surface area contributed by atoms with Crippen LogP contribution in [0.2, 0.25) is 0 Å². The molecule has 0 radical (unpaired) electrons. The minimum Gasteiger partial charge on any atom is -1.00 e. The molecule has 35 heavy (non-hydrogen) atoms. The van der Waals surface area contributed by atoms with Crippen LogP contribution in [0, 0.1) is 5.41 Å². The van der Waals surface area contributed by atoms with Crippen molar-refractivity contribution in [2.24, 2.45) is 5.41 Å². The van der Waals surface area contributed by atoms with Gasteiger partial charge < -0.3 is 28.0 Å². The molecule has 0 atom stereocenters. The molecule has 0 saturated carbocycles. The molecule has 2 aromatic rings. The standard InChI is InChI=1S/C30H47N2.2BrH.H3N/c1-6-11-22-32(23-12-7-2)29-17-15-27(16-18-29)13-14-28-19-24-31(25-20-28)26-21-30(8-3,9-4)10-5;;;/h13-20,24-25H,6-12,21-23,26H2,1-5H3;2*1H;1H3/q+1;;;/p-1. The Bertz CT molecular complexity index is 768. The van der Waals surface area contributed by atoms with Gasteiger partial charge >= 0.3 is 0 Å². The van der Waals surface area contributed by atoms with Gasteiger partial charge in [-0.2, -0.15) is 0 Å². The van der Waals surface area contributed by atoms with Crippen LogP contribution in [0.1, 0.15) is 97.1 Å².